The molecule has 2 fully saturated rings. The van der Waals surface area contributed by atoms with Gasteiger partial charge in [-0.15, -0.1) is 0 Å². The van der Waals surface area contributed by atoms with Crippen LogP contribution in [0.15, 0.2) is 24.3 Å². The van der Waals surface area contributed by atoms with Gasteiger partial charge in [-0.3, -0.25) is 0 Å². The number of aryl methyl sites for hydroxylation is 1. The predicted octanol–water partition coefficient (Wildman–Crippen LogP) is 3.52. The zero-order chi connectivity index (χ0) is 10.5. The van der Waals surface area contributed by atoms with Gasteiger partial charge in [-0.05, 0) is 38.3 Å². The first kappa shape index (κ1) is 9.26. The summed E-state index contributed by atoms with van der Waals surface area (Å²) in [6.45, 7) is 4.66. The third-order valence-corrected chi connectivity index (χ3v) is 4.30. The average Bonchev–Trinajstić information content (AvgIpc) is 2.85. The van der Waals surface area contributed by atoms with Crippen LogP contribution >= 0.6 is 0 Å². The Bertz CT molecular complexity index is 385. The molecular weight excluding hydrogens is 182 g/mol. The van der Waals surface area contributed by atoms with Crippen molar-refractivity contribution >= 4 is 5.69 Å². The van der Waals surface area contributed by atoms with Crippen molar-refractivity contribution in [3.63, 3.8) is 0 Å². The lowest BCUT2D eigenvalue weighted by molar-refractivity contribution is 0.483. The van der Waals surface area contributed by atoms with E-state index < -0.39 is 0 Å². The van der Waals surface area contributed by atoms with Crippen LogP contribution < -0.4 is 4.90 Å². The molecule has 0 N–H and O–H groups in total. The Morgan fingerprint density at radius 2 is 2.07 bits per heavy atom. The van der Waals surface area contributed by atoms with Crippen LogP contribution in [0.25, 0.3) is 0 Å². The molecule has 1 saturated heterocycles. The molecule has 1 heteroatoms. The molecular formula is C14H19N. The maximum Gasteiger partial charge on any atom is 0.0581 e. The first-order valence-electron chi connectivity index (χ1n) is 6.08. The summed E-state index contributed by atoms with van der Waals surface area (Å²) in [4.78, 5) is 2.65. The molecule has 0 amide bonds. The molecule has 1 aliphatic heterocycles. The van der Waals surface area contributed by atoms with Crippen molar-refractivity contribution in [2.75, 3.05) is 4.90 Å². The zero-order valence-corrected chi connectivity index (χ0v) is 9.66. The van der Waals surface area contributed by atoms with Gasteiger partial charge in [0.2, 0.25) is 0 Å². The second-order valence-electron chi connectivity index (χ2n) is 5.28. The van der Waals surface area contributed by atoms with Gasteiger partial charge in [0, 0.05) is 5.69 Å². The Labute approximate surface area is 92.1 Å². The van der Waals surface area contributed by atoms with E-state index in [-0.39, 0.29) is 0 Å². The van der Waals surface area contributed by atoms with Crippen LogP contribution in [0.2, 0.25) is 0 Å². The maximum absolute atomic E-state index is 2.65. The van der Waals surface area contributed by atoms with Gasteiger partial charge in [0.05, 0.1) is 11.6 Å². The van der Waals surface area contributed by atoms with E-state index in [1.807, 2.05) is 0 Å². The summed E-state index contributed by atoms with van der Waals surface area (Å²) in [5, 5.41) is 0. The molecule has 3 rings (SSSR count). The van der Waals surface area contributed by atoms with Gasteiger partial charge in [0.15, 0.2) is 0 Å². The number of hydrogen-bond donors (Lipinski definition) is 0. The second-order valence-corrected chi connectivity index (χ2v) is 5.28. The summed E-state index contributed by atoms with van der Waals surface area (Å²) in [6, 6.07) is 9.62. The molecule has 0 bridgehead atoms. The van der Waals surface area contributed by atoms with Gasteiger partial charge in [0.1, 0.15) is 0 Å². The molecule has 1 heterocycles. The Hall–Kier alpha value is -0.980. The number of para-hydroxylation sites is 1. The topological polar surface area (TPSA) is 3.01 Å². The van der Waals surface area contributed by atoms with Gasteiger partial charge < -0.3 is 4.90 Å². The number of benzene rings is 1. The molecule has 1 nitrogen and oxygen atoms in total. The number of fused-ring (bicyclic) bond motifs is 1. The van der Waals surface area contributed by atoms with Crippen LogP contribution in [-0.4, -0.2) is 11.6 Å². The van der Waals surface area contributed by atoms with Crippen molar-refractivity contribution in [3.8, 4) is 0 Å². The molecule has 0 aromatic heterocycles. The lowest BCUT2D eigenvalue weighted by atomic mass is 9.91. The SMILES string of the molecule is Cc1ccccc1N1C2CCCCC21C. The van der Waals surface area contributed by atoms with Gasteiger partial charge in [-0.1, -0.05) is 31.0 Å². The van der Waals surface area contributed by atoms with Crippen molar-refractivity contribution in [1.29, 1.82) is 0 Å². The van der Waals surface area contributed by atoms with Crippen molar-refractivity contribution < 1.29 is 0 Å². The second kappa shape index (κ2) is 3.01. The van der Waals surface area contributed by atoms with E-state index in [1.54, 1.807) is 0 Å². The minimum absolute atomic E-state index is 0.490. The number of rotatable bonds is 1. The molecule has 2 atom stereocenters. The lowest BCUT2D eigenvalue weighted by Gasteiger charge is -2.15. The van der Waals surface area contributed by atoms with Crippen LogP contribution in [-0.2, 0) is 0 Å². The van der Waals surface area contributed by atoms with Crippen LogP contribution in [0.5, 0.6) is 0 Å². The number of nitrogens with zero attached hydrogens (tertiary/aromatic N) is 1. The van der Waals surface area contributed by atoms with Gasteiger partial charge >= 0.3 is 0 Å². The molecule has 1 aromatic rings. The fourth-order valence-electron chi connectivity index (χ4n) is 3.33. The van der Waals surface area contributed by atoms with Crippen molar-refractivity contribution in [3.05, 3.63) is 29.8 Å². The standard InChI is InChI=1S/C14H19N/c1-11-7-3-4-8-12(11)15-13-9-5-6-10-14(13,15)2/h3-4,7-8,13H,5-6,9-10H2,1-2H3. The summed E-state index contributed by atoms with van der Waals surface area (Å²) in [6.07, 6.45) is 5.61. The first-order valence-corrected chi connectivity index (χ1v) is 6.08. The van der Waals surface area contributed by atoms with E-state index in [9.17, 15) is 0 Å². The largest absolute Gasteiger partial charge is 0.359 e. The van der Waals surface area contributed by atoms with Crippen LogP contribution in [0, 0.1) is 6.92 Å². The Kier molecular flexibility index (Phi) is 1.86. The molecule has 2 aliphatic rings. The minimum Gasteiger partial charge on any atom is -0.359 e. The van der Waals surface area contributed by atoms with Gasteiger partial charge in [-0.2, -0.15) is 0 Å². The van der Waals surface area contributed by atoms with E-state index in [1.165, 1.54) is 36.9 Å². The molecule has 0 radical (unpaired) electrons. The zero-order valence-electron chi connectivity index (χ0n) is 9.66. The van der Waals surface area contributed by atoms with E-state index in [2.05, 4.69) is 43.0 Å². The smallest absolute Gasteiger partial charge is 0.0581 e. The summed E-state index contributed by atoms with van der Waals surface area (Å²) in [5.74, 6) is 0. The van der Waals surface area contributed by atoms with Crippen molar-refractivity contribution in [2.45, 2.75) is 51.1 Å². The van der Waals surface area contributed by atoms with E-state index in [0.29, 0.717) is 5.54 Å². The lowest BCUT2D eigenvalue weighted by Crippen LogP contribution is -2.16. The van der Waals surface area contributed by atoms with Crippen molar-refractivity contribution in [1.82, 2.24) is 0 Å². The molecule has 0 spiro atoms. The monoisotopic (exact) mass is 201 g/mol. The maximum atomic E-state index is 2.65. The molecule has 15 heavy (non-hydrogen) atoms. The third kappa shape index (κ3) is 1.22. The fraction of sp³-hybridized carbons (Fsp3) is 0.571. The average molecular weight is 201 g/mol. The summed E-state index contributed by atoms with van der Waals surface area (Å²) in [7, 11) is 0. The Morgan fingerprint density at radius 3 is 2.73 bits per heavy atom. The van der Waals surface area contributed by atoms with Crippen LogP contribution in [0.1, 0.15) is 38.2 Å². The van der Waals surface area contributed by atoms with E-state index in [4.69, 9.17) is 0 Å². The van der Waals surface area contributed by atoms with Gasteiger partial charge in [-0.25, -0.2) is 0 Å². The summed E-state index contributed by atoms with van der Waals surface area (Å²) in [5.41, 5.74) is 3.38. The highest BCUT2D eigenvalue weighted by Crippen LogP contribution is 2.53. The minimum atomic E-state index is 0.490. The first-order chi connectivity index (χ1) is 7.23. The van der Waals surface area contributed by atoms with Crippen LogP contribution in [0.4, 0.5) is 5.69 Å². The Balaban J connectivity index is 1.94. The van der Waals surface area contributed by atoms with Gasteiger partial charge in [0.25, 0.3) is 0 Å². The molecule has 1 aliphatic carbocycles. The van der Waals surface area contributed by atoms with Crippen LogP contribution in [0.3, 0.4) is 0 Å². The summed E-state index contributed by atoms with van der Waals surface area (Å²) < 4.78 is 0. The Morgan fingerprint density at radius 1 is 1.27 bits per heavy atom. The number of hydrogen-bond acceptors (Lipinski definition) is 1. The predicted molar refractivity (Wildman–Crippen MR) is 64.3 cm³/mol. The molecule has 2 unspecified atom stereocenters. The normalized spacial score (nSPS) is 33.7. The fourth-order valence-corrected chi connectivity index (χ4v) is 3.33. The highest BCUT2D eigenvalue weighted by Gasteiger charge is 2.59. The van der Waals surface area contributed by atoms with E-state index >= 15 is 0 Å². The number of anilines is 1. The molecule has 1 saturated carbocycles. The molecule has 1 aromatic carbocycles. The molecule has 80 valence electrons. The quantitative estimate of drug-likeness (QED) is 0.628. The van der Waals surface area contributed by atoms with E-state index in [0.717, 1.165) is 6.04 Å². The van der Waals surface area contributed by atoms with Crippen molar-refractivity contribution in [2.24, 2.45) is 0 Å². The highest BCUT2D eigenvalue weighted by molar-refractivity contribution is 5.64. The highest BCUT2D eigenvalue weighted by atomic mass is 15.4. The summed E-state index contributed by atoms with van der Waals surface area (Å²) >= 11 is 0. The third-order valence-electron chi connectivity index (χ3n) is 4.30.